The van der Waals surface area contributed by atoms with Crippen LogP contribution in [0.4, 0.5) is 0 Å². The standard InChI is InChI=1S/C15H30N2O2/c1-4-14(2,3)17-13(18)11-16-12-15(19)9-7-5-6-8-10-15/h16,19H,4-12H2,1-3H3,(H,17,18). The summed E-state index contributed by atoms with van der Waals surface area (Å²) in [4.78, 5) is 11.8. The second kappa shape index (κ2) is 7.25. The first-order valence-corrected chi connectivity index (χ1v) is 7.61. The molecule has 0 aromatic rings. The van der Waals surface area contributed by atoms with E-state index in [4.69, 9.17) is 0 Å². The zero-order valence-electron chi connectivity index (χ0n) is 12.7. The summed E-state index contributed by atoms with van der Waals surface area (Å²) >= 11 is 0. The molecule has 3 N–H and O–H groups in total. The summed E-state index contributed by atoms with van der Waals surface area (Å²) in [7, 11) is 0. The van der Waals surface area contributed by atoms with E-state index in [9.17, 15) is 9.90 Å². The first kappa shape index (κ1) is 16.4. The van der Waals surface area contributed by atoms with Crippen molar-refractivity contribution >= 4 is 5.91 Å². The molecule has 1 aliphatic carbocycles. The molecule has 0 aromatic carbocycles. The van der Waals surface area contributed by atoms with E-state index in [1.165, 1.54) is 12.8 Å². The van der Waals surface area contributed by atoms with Gasteiger partial charge < -0.3 is 15.7 Å². The smallest absolute Gasteiger partial charge is 0.234 e. The SMILES string of the molecule is CCC(C)(C)NC(=O)CNCC1(O)CCCCCC1. The zero-order chi connectivity index (χ0) is 14.4. The Morgan fingerprint density at radius 1 is 1.21 bits per heavy atom. The van der Waals surface area contributed by atoms with E-state index in [1.54, 1.807) is 0 Å². The third kappa shape index (κ3) is 6.39. The van der Waals surface area contributed by atoms with Gasteiger partial charge in [0.2, 0.25) is 5.91 Å². The van der Waals surface area contributed by atoms with E-state index in [2.05, 4.69) is 17.6 Å². The van der Waals surface area contributed by atoms with Crippen LogP contribution in [0, 0.1) is 0 Å². The Kier molecular flexibility index (Phi) is 6.27. The van der Waals surface area contributed by atoms with Gasteiger partial charge in [-0.3, -0.25) is 4.79 Å². The molecule has 1 saturated carbocycles. The van der Waals surface area contributed by atoms with Crippen molar-refractivity contribution in [3.05, 3.63) is 0 Å². The summed E-state index contributed by atoms with van der Waals surface area (Å²) in [6.45, 7) is 6.90. The fraction of sp³-hybridized carbons (Fsp3) is 0.933. The van der Waals surface area contributed by atoms with E-state index in [-0.39, 0.29) is 18.0 Å². The van der Waals surface area contributed by atoms with Crippen molar-refractivity contribution < 1.29 is 9.90 Å². The minimum atomic E-state index is -0.614. The average molecular weight is 270 g/mol. The zero-order valence-corrected chi connectivity index (χ0v) is 12.7. The first-order valence-electron chi connectivity index (χ1n) is 7.61. The Morgan fingerprint density at radius 3 is 2.32 bits per heavy atom. The quantitative estimate of drug-likeness (QED) is 0.647. The Labute approximate surface area is 117 Å². The Hall–Kier alpha value is -0.610. The molecule has 0 aromatic heterocycles. The topological polar surface area (TPSA) is 61.4 Å². The fourth-order valence-corrected chi connectivity index (χ4v) is 2.48. The van der Waals surface area contributed by atoms with Gasteiger partial charge in [-0.1, -0.05) is 32.6 Å². The molecule has 4 nitrogen and oxygen atoms in total. The summed E-state index contributed by atoms with van der Waals surface area (Å²) < 4.78 is 0. The number of hydrogen-bond donors (Lipinski definition) is 3. The molecule has 0 atom stereocenters. The molecule has 112 valence electrons. The molecular weight excluding hydrogens is 240 g/mol. The molecular formula is C15H30N2O2. The number of carbonyl (C=O) groups is 1. The van der Waals surface area contributed by atoms with Crippen molar-refractivity contribution in [2.45, 2.75) is 76.9 Å². The highest BCUT2D eigenvalue weighted by Crippen LogP contribution is 2.26. The van der Waals surface area contributed by atoms with E-state index in [0.717, 1.165) is 32.1 Å². The molecule has 0 spiro atoms. The van der Waals surface area contributed by atoms with Gasteiger partial charge in [-0.15, -0.1) is 0 Å². The molecule has 1 fully saturated rings. The van der Waals surface area contributed by atoms with Crippen LogP contribution in [0.5, 0.6) is 0 Å². The summed E-state index contributed by atoms with van der Waals surface area (Å²) in [5.74, 6) is 0.00377. The number of aliphatic hydroxyl groups is 1. The second-order valence-corrected chi connectivity index (χ2v) is 6.53. The third-order valence-corrected chi connectivity index (χ3v) is 4.14. The number of nitrogens with one attached hydrogen (secondary N) is 2. The maximum Gasteiger partial charge on any atom is 0.234 e. The van der Waals surface area contributed by atoms with Gasteiger partial charge >= 0.3 is 0 Å². The first-order chi connectivity index (χ1) is 8.87. The van der Waals surface area contributed by atoms with Crippen molar-refractivity contribution in [2.24, 2.45) is 0 Å². The predicted octanol–water partition coefficient (Wildman–Crippen LogP) is 1.97. The van der Waals surface area contributed by atoms with Gasteiger partial charge in [0, 0.05) is 12.1 Å². The molecule has 0 heterocycles. The summed E-state index contributed by atoms with van der Waals surface area (Å²) in [6.07, 6.45) is 7.22. The number of hydrogen-bond acceptors (Lipinski definition) is 3. The van der Waals surface area contributed by atoms with E-state index >= 15 is 0 Å². The Morgan fingerprint density at radius 2 is 1.79 bits per heavy atom. The van der Waals surface area contributed by atoms with Crippen LogP contribution in [0.3, 0.4) is 0 Å². The molecule has 1 rings (SSSR count). The maximum atomic E-state index is 11.8. The normalized spacial score (nSPS) is 19.8. The highest BCUT2D eigenvalue weighted by atomic mass is 16.3. The predicted molar refractivity (Wildman–Crippen MR) is 78.0 cm³/mol. The second-order valence-electron chi connectivity index (χ2n) is 6.53. The van der Waals surface area contributed by atoms with Crippen LogP contribution in [0.1, 0.15) is 65.7 Å². The Balaban J connectivity index is 2.27. The van der Waals surface area contributed by atoms with Crippen LogP contribution in [-0.4, -0.2) is 35.2 Å². The van der Waals surface area contributed by atoms with E-state index in [1.807, 2.05) is 13.8 Å². The highest BCUT2D eigenvalue weighted by Gasteiger charge is 2.27. The van der Waals surface area contributed by atoms with Gasteiger partial charge in [0.25, 0.3) is 0 Å². The van der Waals surface area contributed by atoms with Gasteiger partial charge in [-0.25, -0.2) is 0 Å². The molecule has 0 aliphatic heterocycles. The molecule has 0 radical (unpaired) electrons. The lowest BCUT2D eigenvalue weighted by atomic mass is 9.94. The van der Waals surface area contributed by atoms with Gasteiger partial charge in [-0.2, -0.15) is 0 Å². The molecule has 1 amide bonds. The van der Waals surface area contributed by atoms with Crippen LogP contribution in [-0.2, 0) is 4.79 Å². The third-order valence-electron chi connectivity index (χ3n) is 4.14. The van der Waals surface area contributed by atoms with Crippen molar-refractivity contribution in [2.75, 3.05) is 13.1 Å². The van der Waals surface area contributed by atoms with Gasteiger partial charge in [-0.05, 0) is 33.1 Å². The number of carbonyl (C=O) groups excluding carboxylic acids is 1. The molecule has 4 heteroatoms. The van der Waals surface area contributed by atoms with Crippen LogP contribution in [0.25, 0.3) is 0 Å². The van der Waals surface area contributed by atoms with Crippen molar-refractivity contribution in [1.29, 1.82) is 0 Å². The lowest BCUT2D eigenvalue weighted by Gasteiger charge is -2.28. The molecule has 0 bridgehead atoms. The van der Waals surface area contributed by atoms with Crippen LogP contribution >= 0.6 is 0 Å². The highest BCUT2D eigenvalue weighted by molar-refractivity contribution is 5.78. The molecule has 19 heavy (non-hydrogen) atoms. The Bertz CT molecular complexity index is 282. The minimum Gasteiger partial charge on any atom is -0.389 e. The largest absolute Gasteiger partial charge is 0.389 e. The summed E-state index contributed by atoms with van der Waals surface area (Å²) in [5.41, 5.74) is -0.769. The van der Waals surface area contributed by atoms with E-state index in [0.29, 0.717) is 6.54 Å². The lowest BCUT2D eigenvalue weighted by molar-refractivity contribution is -0.122. The minimum absolute atomic E-state index is 0.00377. The lowest BCUT2D eigenvalue weighted by Crippen LogP contribution is -2.49. The fourth-order valence-electron chi connectivity index (χ4n) is 2.48. The number of rotatable bonds is 6. The summed E-state index contributed by atoms with van der Waals surface area (Å²) in [5, 5.41) is 16.5. The number of amides is 1. The van der Waals surface area contributed by atoms with Crippen molar-refractivity contribution in [3.63, 3.8) is 0 Å². The van der Waals surface area contributed by atoms with Crippen LogP contribution in [0.15, 0.2) is 0 Å². The van der Waals surface area contributed by atoms with Gasteiger partial charge in [0.15, 0.2) is 0 Å². The summed E-state index contributed by atoms with van der Waals surface area (Å²) in [6, 6.07) is 0. The van der Waals surface area contributed by atoms with Crippen LogP contribution in [0.2, 0.25) is 0 Å². The van der Waals surface area contributed by atoms with Crippen molar-refractivity contribution in [1.82, 2.24) is 10.6 Å². The van der Waals surface area contributed by atoms with Crippen LogP contribution < -0.4 is 10.6 Å². The van der Waals surface area contributed by atoms with E-state index < -0.39 is 5.60 Å². The maximum absolute atomic E-state index is 11.8. The van der Waals surface area contributed by atoms with Gasteiger partial charge in [0.1, 0.15) is 0 Å². The van der Waals surface area contributed by atoms with Gasteiger partial charge in [0.05, 0.1) is 12.1 Å². The monoisotopic (exact) mass is 270 g/mol. The average Bonchev–Trinajstić information content (AvgIpc) is 2.54. The molecule has 1 aliphatic rings. The molecule has 0 unspecified atom stereocenters. The molecule has 0 saturated heterocycles. The van der Waals surface area contributed by atoms with Crippen molar-refractivity contribution in [3.8, 4) is 0 Å².